The maximum atomic E-state index is 10.3. The van der Waals surface area contributed by atoms with E-state index in [9.17, 15) is 4.79 Å². The Morgan fingerprint density at radius 2 is 2.40 bits per heavy atom. The number of methoxy groups -OCH3 is 1. The molecule has 4 nitrogen and oxygen atoms in total. The molecule has 15 heavy (non-hydrogen) atoms. The van der Waals surface area contributed by atoms with Gasteiger partial charge in [0.15, 0.2) is 0 Å². The van der Waals surface area contributed by atoms with Crippen LogP contribution in [0.3, 0.4) is 0 Å². The fourth-order valence-electron chi connectivity index (χ4n) is 1.15. The largest absolute Gasteiger partial charge is 0.495 e. The van der Waals surface area contributed by atoms with Crippen LogP contribution in [0.15, 0.2) is 12.3 Å². The first-order valence-electron chi connectivity index (χ1n) is 4.53. The van der Waals surface area contributed by atoms with Crippen molar-refractivity contribution < 1.29 is 14.6 Å². The maximum absolute atomic E-state index is 10.3. The van der Waals surface area contributed by atoms with Gasteiger partial charge in [0.25, 0.3) is 0 Å². The van der Waals surface area contributed by atoms with Crippen molar-refractivity contribution in [3.05, 3.63) is 23.0 Å². The normalized spacial score (nSPS) is 10.0. The topological polar surface area (TPSA) is 59.4 Å². The van der Waals surface area contributed by atoms with Crippen molar-refractivity contribution in [1.29, 1.82) is 0 Å². The van der Waals surface area contributed by atoms with Gasteiger partial charge in [0.1, 0.15) is 5.75 Å². The van der Waals surface area contributed by atoms with Crippen LogP contribution in [-0.2, 0) is 11.2 Å². The molecule has 1 heterocycles. The molecule has 0 aromatic carbocycles. The SMILES string of the molecule is COc1cnc(CCCC(=O)O)c(Cl)c1. The number of carbonyl (C=O) groups is 1. The summed E-state index contributed by atoms with van der Waals surface area (Å²) in [6.45, 7) is 0. The van der Waals surface area contributed by atoms with Crippen LogP contribution in [0.5, 0.6) is 5.75 Å². The van der Waals surface area contributed by atoms with E-state index in [-0.39, 0.29) is 6.42 Å². The van der Waals surface area contributed by atoms with E-state index >= 15 is 0 Å². The Morgan fingerprint density at radius 1 is 1.67 bits per heavy atom. The van der Waals surface area contributed by atoms with E-state index in [0.717, 1.165) is 0 Å². The number of carboxylic acid groups (broad SMARTS) is 1. The quantitative estimate of drug-likeness (QED) is 0.841. The molecule has 0 unspecified atom stereocenters. The first kappa shape index (κ1) is 11.8. The van der Waals surface area contributed by atoms with Gasteiger partial charge in [-0.15, -0.1) is 0 Å². The molecular weight excluding hydrogens is 218 g/mol. The van der Waals surface area contributed by atoms with E-state index in [1.54, 1.807) is 12.3 Å². The Labute approximate surface area is 92.8 Å². The summed E-state index contributed by atoms with van der Waals surface area (Å²) >= 11 is 5.93. The summed E-state index contributed by atoms with van der Waals surface area (Å²) in [5, 5.41) is 8.98. The molecule has 5 heteroatoms. The number of aryl methyl sites for hydroxylation is 1. The van der Waals surface area contributed by atoms with Gasteiger partial charge in [-0.1, -0.05) is 11.6 Å². The number of hydrogen-bond donors (Lipinski definition) is 1. The minimum Gasteiger partial charge on any atom is -0.495 e. The average molecular weight is 230 g/mol. The van der Waals surface area contributed by atoms with Gasteiger partial charge in [0.05, 0.1) is 24.0 Å². The van der Waals surface area contributed by atoms with Crippen LogP contribution in [0, 0.1) is 0 Å². The van der Waals surface area contributed by atoms with Crippen molar-refractivity contribution in [2.45, 2.75) is 19.3 Å². The van der Waals surface area contributed by atoms with E-state index < -0.39 is 5.97 Å². The summed E-state index contributed by atoms with van der Waals surface area (Å²) in [4.78, 5) is 14.4. The summed E-state index contributed by atoms with van der Waals surface area (Å²) in [5.41, 5.74) is 0.707. The molecule has 1 aromatic rings. The molecule has 1 rings (SSSR count). The Morgan fingerprint density at radius 3 is 2.93 bits per heavy atom. The third kappa shape index (κ3) is 3.75. The highest BCUT2D eigenvalue weighted by molar-refractivity contribution is 6.31. The Hall–Kier alpha value is -1.29. The minimum absolute atomic E-state index is 0.129. The summed E-state index contributed by atoms with van der Waals surface area (Å²) in [6, 6.07) is 1.67. The second-order valence-electron chi connectivity index (χ2n) is 3.05. The molecule has 0 spiro atoms. The number of rotatable bonds is 5. The number of aromatic nitrogens is 1. The van der Waals surface area contributed by atoms with Crippen molar-refractivity contribution in [3.63, 3.8) is 0 Å². The molecular formula is C10H12ClNO3. The molecule has 0 fully saturated rings. The van der Waals surface area contributed by atoms with Gasteiger partial charge in [-0.05, 0) is 12.8 Å². The van der Waals surface area contributed by atoms with Crippen LogP contribution in [0.25, 0.3) is 0 Å². The van der Waals surface area contributed by atoms with E-state index in [1.165, 1.54) is 7.11 Å². The molecule has 0 aliphatic rings. The molecule has 0 amide bonds. The molecule has 0 aliphatic heterocycles. The third-order valence-electron chi connectivity index (χ3n) is 1.93. The highest BCUT2D eigenvalue weighted by Crippen LogP contribution is 2.21. The molecule has 0 saturated heterocycles. The number of hydrogen-bond acceptors (Lipinski definition) is 3. The zero-order valence-electron chi connectivity index (χ0n) is 8.36. The lowest BCUT2D eigenvalue weighted by Gasteiger charge is -2.04. The highest BCUT2D eigenvalue weighted by atomic mass is 35.5. The van der Waals surface area contributed by atoms with Gasteiger partial charge in [0.2, 0.25) is 0 Å². The maximum Gasteiger partial charge on any atom is 0.303 e. The monoisotopic (exact) mass is 229 g/mol. The van der Waals surface area contributed by atoms with Crippen molar-refractivity contribution in [2.24, 2.45) is 0 Å². The third-order valence-corrected chi connectivity index (χ3v) is 2.26. The highest BCUT2D eigenvalue weighted by Gasteiger charge is 2.05. The zero-order valence-corrected chi connectivity index (χ0v) is 9.12. The standard InChI is InChI=1S/C10H12ClNO3/c1-15-7-5-8(11)9(12-6-7)3-2-4-10(13)14/h5-6H,2-4H2,1H3,(H,13,14). The van der Waals surface area contributed by atoms with Crippen molar-refractivity contribution in [2.75, 3.05) is 7.11 Å². The van der Waals surface area contributed by atoms with Gasteiger partial charge in [-0.25, -0.2) is 0 Å². The number of aliphatic carboxylic acids is 1. The summed E-state index contributed by atoms with van der Waals surface area (Å²) in [6.07, 6.45) is 2.80. The van der Waals surface area contributed by atoms with E-state index in [0.29, 0.717) is 29.3 Å². The second-order valence-corrected chi connectivity index (χ2v) is 3.46. The second kappa shape index (κ2) is 5.56. The molecule has 0 radical (unpaired) electrons. The Balaban J connectivity index is 2.58. The average Bonchev–Trinajstić information content (AvgIpc) is 2.20. The summed E-state index contributed by atoms with van der Waals surface area (Å²) < 4.78 is 4.95. The van der Waals surface area contributed by atoms with Crippen molar-refractivity contribution in [3.8, 4) is 5.75 Å². The van der Waals surface area contributed by atoms with Gasteiger partial charge in [-0.2, -0.15) is 0 Å². The van der Waals surface area contributed by atoms with Crippen molar-refractivity contribution >= 4 is 17.6 Å². The van der Waals surface area contributed by atoms with Crippen LogP contribution in [0.1, 0.15) is 18.5 Å². The minimum atomic E-state index is -0.806. The predicted molar refractivity (Wildman–Crippen MR) is 56.4 cm³/mol. The molecule has 1 N–H and O–H groups in total. The Kier molecular flexibility index (Phi) is 4.37. The van der Waals surface area contributed by atoms with Crippen LogP contribution in [0.2, 0.25) is 5.02 Å². The summed E-state index contributed by atoms with van der Waals surface area (Å²) in [5.74, 6) is -0.207. The van der Waals surface area contributed by atoms with Crippen molar-refractivity contribution in [1.82, 2.24) is 4.98 Å². The predicted octanol–water partition coefficient (Wildman–Crippen LogP) is 2.15. The van der Waals surface area contributed by atoms with Gasteiger partial charge in [-0.3, -0.25) is 9.78 Å². The van der Waals surface area contributed by atoms with Crippen LogP contribution >= 0.6 is 11.6 Å². The van der Waals surface area contributed by atoms with Crippen LogP contribution in [-0.4, -0.2) is 23.2 Å². The first-order chi connectivity index (χ1) is 7.13. The number of carboxylic acids is 1. The molecule has 0 aliphatic carbocycles. The van der Waals surface area contributed by atoms with E-state index in [2.05, 4.69) is 4.98 Å². The lowest BCUT2D eigenvalue weighted by Crippen LogP contribution is -1.98. The van der Waals surface area contributed by atoms with E-state index in [4.69, 9.17) is 21.4 Å². The molecule has 0 bridgehead atoms. The fourth-order valence-corrected chi connectivity index (χ4v) is 1.40. The van der Waals surface area contributed by atoms with Crippen LogP contribution in [0.4, 0.5) is 0 Å². The lowest BCUT2D eigenvalue weighted by molar-refractivity contribution is -0.137. The first-order valence-corrected chi connectivity index (χ1v) is 4.91. The lowest BCUT2D eigenvalue weighted by atomic mass is 10.2. The molecule has 0 saturated carbocycles. The molecule has 82 valence electrons. The van der Waals surface area contributed by atoms with E-state index in [1.807, 2.05) is 0 Å². The zero-order chi connectivity index (χ0) is 11.3. The smallest absolute Gasteiger partial charge is 0.303 e. The fraction of sp³-hybridized carbons (Fsp3) is 0.400. The van der Waals surface area contributed by atoms with Gasteiger partial charge in [0, 0.05) is 12.5 Å². The Bertz CT molecular complexity index is 355. The number of nitrogens with zero attached hydrogens (tertiary/aromatic N) is 1. The summed E-state index contributed by atoms with van der Waals surface area (Å²) in [7, 11) is 1.54. The van der Waals surface area contributed by atoms with Crippen LogP contribution < -0.4 is 4.74 Å². The molecule has 0 atom stereocenters. The molecule has 1 aromatic heterocycles. The number of halogens is 1. The number of pyridine rings is 1. The van der Waals surface area contributed by atoms with Gasteiger partial charge < -0.3 is 9.84 Å². The van der Waals surface area contributed by atoms with Gasteiger partial charge >= 0.3 is 5.97 Å². The number of ether oxygens (including phenoxy) is 1.